The average molecular weight is 210 g/mol. The molecule has 1 spiro atoms. The monoisotopic (exact) mass is 210 g/mol. The van der Waals surface area contributed by atoms with E-state index in [9.17, 15) is 5.11 Å². The van der Waals surface area contributed by atoms with Gasteiger partial charge in [-0.3, -0.25) is 0 Å². The van der Waals surface area contributed by atoms with Crippen LogP contribution in [0.1, 0.15) is 32.1 Å². The minimum atomic E-state index is -0.334. The Bertz CT molecular complexity index is 279. The van der Waals surface area contributed by atoms with Gasteiger partial charge in [-0.25, -0.2) is 0 Å². The highest BCUT2D eigenvalue weighted by molar-refractivity contribution is 5.18. The van der Waals surface area contributed by atoms with E-state index in [0.717, 1.165) is 45.3 Å². The molecular formula is C12H18O3. The minimum absolute atomic E-state index is 0.243. The Morgan fingerprint density at radius 2 is 2.00 bits per heavy atom. The first kappa shape index (κ1) is 9.82. The van der Waals surface area contributed by atoms with Crippen molar-refractivity contribution in [1.82, 2.24) is 0 Å². The molecule has 1 N–H and O–H groups in total. The van der Waals surface area contributed by atoms with Crippen molar-refractivity contribution in [3.05, 3.63) is 11.6 Å². The molecule has 3 nitrogen and oxygen atoms in total. The Morgan fingerprint density at radius 1 is 1.20 bits per heavy atom. The van der Waals surface area contributed by atoms with Crippen molar-refractivity contribution in [3.8, 4) is 0 Å². The Labute approximate surface area is 90.1 Å². The highest BCUT2D eigenvalue weighted by Gasteiger charge is 2.43. The van der Waals surface area contributed by atoms with Gasteiger partial charge in [-0.1, -0.05) is 11.6 Å². The van der Waals surface area contributed by atoms with Crippen LogP contribution in [0.25, 0.3) is 0 Å². The third kappa shape index (κ3) is 1.73. The summed E-state index contributed by atoms with van der Waals surface area (Å²) in [5.41, 5.74) is 1.36. The van der Waals surface area contributed by atoms with E-state index < -0.39 is 0 Å². The van der Waals surface area contributed by atoms with Gasteiger partial charge in [-0.2, -0.15) is 0 Å². The van der Waals surface area contributed by atoms with Crippen LogP contribution in [0.2, 0.25) is 0 Å². The lowest BCUT2D eigenvalue weighted by Gasteiger charge is -2.39. The van der Waals surface area contributed by atoms with Gasteiger partial charge in [0.05, 0.1) is 19.3 Å². The molecule has 2 atom stereocenters. The molecule has 0 aromatic carbocycles. The van der Waals surface area contributed by atoms with E-state index in [1.165, 1.54) is 5.57 Å². The fraction of sp³-hybridized carbons (Fsp3) is 0.833. The summed E-state index contributed by atoms with van der Waals surface area (Å²) in [4.78, 5) is 0. The lowest BCUT2D eigenvalue weighted by Crippen LogP contribution is -2.38. The number of ether oxygens (including phenoxy) is 2. The van der Waals surface area contributed by atoms with Gasteiger partial charge in [-0.05, 0) is 25.2 Å². The molecule has 2 fully saturated rings. The van der Waals surface area contributed by atoms with Gasteiger partial charge in [0.25, 0.3) is 0 Å². The van der Waals surface area contributed by atoms with Crippen molar-refractivity contribution < 1.29 is 14.6 Å². The van der Waals surface area contributed by atoms with Crippen molar-refractivity contribution in [3.63, 3.8) is 0 Å². The summed E-state index contributed by atoms with van der Waals surface area (Å²) in [7, 11) is 0. The van der Waals surface area contributed by atoms with Crippen LogP contribution in [0.4, 0.5) is 0 Å². The van der Waals surface area contributed by atoms with Crippen LogP contribution in [-0.4, -0.2) is 30.2 Å². The Morgan fingerprint density at radius 3 is 2.80 bits per heavy atom. The highest BCUT2D eigenvalue weighted by atomic mass is 16.7. The zero-order chi connectivity index (χ0) is 10.3. The fourth-order valence-electron chi connectivity index (χ4n) is 3.09. The second-order valence-electron chi connectivity index (χ2n) is 4.91. The minimum Gasteiger partial charge on any atom is -0.389 e. The third-order valence-electron chi connectivity index (χ3n) is 3.90. The maximum absolute atomic E-state index is 9.62. The van der Waals surface area contributed by atoms with Crippen LogP contribution in [0.3, 0.4) is 0 Å². The Kier molecular flexibility index (Phi) is 2.34. The van der Waals surface area contributed by atoms with Crippen LogP contribution < -0.4 is 0 Å². The van der Waals surface area contributed by atoms with Crippen molar-refractivity contribution in [2.75, 3.05) is 13.2 Å². The second kappa shape index (κ2) is 3.58. The van der Waals surface area contributed by atoms with Crippen LogP contribution in [-0.2, 0) is 9.47 Å². The summed E-state index contributed by atoms with van der Waals surface area (Å²) in [5.74, 6) is 0.339. The van der Waals surface area contributed by atoms with E-state index in [-0.39, 0.29) is 11.9 Å². The first-order chi connectivity index (χ1) is 7.27. The molecule has 2 unspecified atom stereocenters. The van der Waals surface area contributed by atoms with Gasteiger partial charge in [0.1, 0.15) is 0 Å². The van der Waals surface area contributed by atoms with E-state index in [1.807, 2.05) is 6.08 Å². The Hall–Kier alpha value is -0.380. The molecule has 0 aromatic heterocycles. The molecule has 1 aliphatic heterocycles. The van der Waals surface area contributed by atoms with Gasteiger partial charge >= 0.3 is 0 Å². The van der Waals surface area contributed by atoms with Gasteiger partial charge in [0, 0.05) is 12.8 Å². The summed E-state index contributed by atoms with van der Waals surface area (Å²) in [6, 6.07) is 0. The first-order valence-electron chi connectivity index (χ1n) is 5.94. The maximum atomic E-state index is 9.62. The number of fused-ring (bicyclic) bond motifs is 1. The molecule has 1 heterocycles. The van der Waals surface area contributed by atoms with Crippen LogP contribution in [0, 0.1) is 5.92 Å². The molecule has 15 heavy (non-hydrogen) atoms. The second-order valence-corrected chi connectivity index (χ2v) is 4.91. The van der Waals surface area contributed by atoms with Crippen molar-refractivity contribution in [2.24, 2.45) is 5.92 Å². The van der Waals surface area contributed by atoms with Crippen molar-refractivity contribution >= 4 is 0 Å². The van der Waals surface area contributed by atoms with Gasteiger partial charge in [0.2, 0.25) is 0 Å². The lowest BCUT2D eigenvalue weighted by molar-refractivity contribution is -0.172. The smallest absolute Gasteiger partial charge is 0.172 e. The van der Waals surface area contributed by atoms with Gasteiger partial charge in [-0.15, -0.1) is 0 Å². The quantitative estimate of drug-likeness (QED) is 0.617. The predicted molar refractivity (Wildman–Crippen MR) is 55.3 cm³/mol. The standard InChI is InChI=1S/C12H18O3/c13-11-2-1-9-3-4-12(8-10(9)7-11)14-5-6-15-12/h7,9,11,13H,1-6,8H2. The number of rotatable bonds is 0. The number of aliphatic hydroxyl groups is 1. The third-order valence-corrected chi connectivity index (χ3v) is 3.90. The summed E-state index contributed by atoms with van der Waals surface area (Å²) in [5, 5.41) is 9.62. The van der Waals surface area contributed by atoms with Crippen LogP contribution in [0.15, 0.2) is 11.6 Å². The molecule has 2 aliphatic carbocycles. The Balaban J connectivity index is 1.80. The molecule has 84 valence electrons. The number of aliphatic hydroxyl groups excluding tert-OH is 1. The maximum Gasteiger partial charge on any atom is 0.172 e. The largest absolute Gasteiger partial charge is 0.389 e. The summed E-state index contributed by atoms with van der Waals surface area (Å²) < 4.78 is 11.4. The lowest BCUT2D eigenvalue weighted by atomic mass is 9.74. The summed E-state index contributed by atoms with van der Waals surface area (Å²) in [6.07, 6.45) is 6.87. The summed E-state index contributed by atoms with van der Waals surface area (Å²) >= 11 is 0. The van der Waals surface area contributed by atoms with E-state index in [1.54, 1.807) is 0 Å². The molecule has 0 radical (unpaired) electrons. The molecule has 0 aromatic rings. The van der Waals surface area contributed by atoms with Crippen molar-refractivity contribution in [1.29, 1.82) is 0 Å². The summed E-state index contributed by atoms with van der Waals surface area (Å²) in [6.45, 7) is 1.45. The average Bonchev–Trinajstić information content (AvgIpc) is 2.66. The van der Waals surface area contributed by atoms with Gasteiger partial charge < -0.3 is 14.6 Å². The van der Waals surface area contributed by atoms with E-state index in [4.69, 9.17) is 9.47 Å². The predicted octanol–water partition coefficient (Wildman–Crippen LogP) is 1.61. The highest BCUT2D eigenvalue weighted by Crippen LogP contribution is 2.44. The zero-order valence-corrected chi connectivity index (χ0v) is 8.95. The first-order valence-corrected chi connectivity index (χ1v) is 5.94. The molecule has 1 saturated carbocycles. The topological polar surface area (TPSA) is 38.7 Å². The normalized spacial score (nSPS) is 38.9. The molecule has 0 amide bonds. The van der Waals surface area contributed by atoms with E-state index in [0.29, 0.717) is 5.92 Å². The number of hydrogen-bond acceptors (Lipinski definition) is 3. The number of hydrogen-bond donors (Lipinski definition) is 1. The van der Waals surface area contributed by atoms with Crippen molar-refractivity contribution in [2.45, 2.75) is 44.0 Å². The SMILES string of the molecule is OC1C=C2CC3(CCC2CC1)OCCO3. The van der Waals surface area contributed by atoms with Gasteiger partial charge in [0.15, 0.2) is 5.79 Å². The molecule has 1 saturated heterocycles. The zero-order valence-electron chi connectivity index (χ0n) is 8.95. The van der Waals surface area contributed by atoms with Crippen LogP contribution >= 0.6 is 0 Å². The molecule has 0 bridgehead atoms. The van der Waals surface area contributed by atoms with E-state index in [2.05, 4.69) is 0 Å². The molecule has 3 rings (SSSR count). The fourth-order valence-corrected chi connectivity index (χ4v) is 3.09. The van der Waals surface area contributed by atoms with E-state index >= 15 is 0 Å². The molecule has 3 aliphatic rings. The van der Waals surface area contributed by atoms with Crippen LogP contribution in [0.5, 0.6) is 0 Å². The molecule has 3 heteroatoms. The molecular weight excluding hydrogens is 192 g/mol.